The van der Waals surface area contributed by atoms with Gasteiger partial charge in [0, 0.05) is 22.5 Å². The SMILES string of the molecule is CC1(C)c2ccccc2-c2cc(N(c3cccc(-c4cccc5ccccc45)c3)c3ccc4cc5c(cc4c3)Cc3ccccc3-5)ccc21. The summed E-state index contributed by atoms with van der Waals surface area (Å²) in [5.41, 5.74) is 16.9. The molecule has 49 heavy (non-hydrogen) atoms. The molecular formula is C48H35N. The predicted octanol–water partition coefficient (Wildman–Crippen LogP) is 13.0. The summed E-state index contributed by atoms with van der Waals surface area (Å²) >= 11 is 0. The minimum Gasteiger partial charge on any atom is -0.310 e. The Morgan fingerprint density at radius 2 is 1.10 bits per heavy atom. The Hall–Kier alpha value is -5.92. The molecule has 10 rings (SSSR count). The molecule has 0 radical (unpaired) electrons. The maximum Gasteiger partial charge on any atom is 0.0468 e. The average Bonchev–Trinajstić information content (AvgIpc) is 3.61. The standard InChI is InChI=1S/C48H35N/c1-48(2)46-20-8-7-18-43(46)45-30-39(23-24-47(45)48)49(37-15-9-14-34(27-37)41-19-10-13-31-11-3-5-16-40(31)41)38-22-21-32-29-44-36(26-35(32)28-38)25-33-12-4-6-17-42(33)44/h3-24,26-30H,25H2,1-2H3. The third-order valence-electron chi connectivity index (χ3n) is 11.0. The summed E-state index contributed by atoms with van der Waals surface area (Å²) < 4.78 is 0. The van der Waals surface area contributed by atoms with Gasteiger partial charge in [-0.3, -0.25) is 0 Å². The van der Waals surface area contributed by atoms with Crippen LogP contribution in [0.15, 0.2) is 164 Å². The first kappa shape index (κ1) is 28.1. The Morgan fingerprint density at radius 3 is 2.04 bits per heavy atom. The van der Waals surface area contributed by atoms with Crippen molar-refractivity contribution in [2.45, 2.75) is 25.7 Å². The molecule has 0 aliphatic heterocycles. The second-order valence-corrected chi connectivity index (χ2v) is 14.2. The van der Waals surface area contributed by atoms with Crippen molar-refractivity contribution in [2.24, 2.45) is 0 Å². The fourth-order valence-electron chi connectivity index (χ4n) is 8.59. The van der Waals surface area contributed by atoms with E-state index in [4.69, 9.17) is 0 Å². The van der Waals surface area contributed by atoms with E-state index in [9.17, 15) is 0 Å². The van der Waals surface area contributed by atoms with Crippen molar-refractivity contribution >= 4 is 38.6 Å². The van der Waals surface area contributed by atoms with Crippen LogP contribution in [0.2, 0.25) is 0 Å². The molecule has 0 spiro atoms. The van der Waals surface area contributed by atoms with E-state index in [1.54, 1.807) is 0 Å². The van der Waals surface area contributed by atoms with Crippen LogP contribution in [0.5, 0.6) is 0 Å². The monoisotopic (exact) mass is 625 g/mol. The lowest BCUT2D eigenvalue weighted by atomic mass is 9.82. The second kappa shape index (κ2) is 10.5. The van der Waals surface area contributed by atoms with Crippen molar-refractivity contribution in [3.05, 3.63) is 186 Å². The van der Waals surface area contributed by atoms with Crippen molar-refractivity contribution in [3.8, 4) is 33.4 Å². The molecule has 0 unspecified atom stereocenters. The third kappa shape index (κ3) is 4.32. The maximum absolute atomic E-state index is 2.45. The molecule has 0 fully saturated rings. The number of hydrogen-bond donors (Lipinski definition) is 0. The normalized spacial score (nSPS) is 13.6. The molecule has 0 saturated carbocycles. The lowest BCUT2D eigenvalue weighted by Crippen LogP contribution is -2.15. The van der Waals surface area contributed by atoms with E-state index in [2.05, 4.69) is 183 Å². The van der Waals surface area contributed by atoms with Crippen LogP contribution in [0.25, 0.3) is 54.9 Å². The highest BCUT2D eigenvalue weighted by molar-refractivity contribution is 5.99. The van der Waals surface area contributed by atoms with Crippen LogP contribution in [-0.2, 0) is 11.8 Å². The van der Waals surface area contributed by atoms with Gasteiger partial charge in [-0.15, -0.1) is 0 Å². The van der Waals surface area contributed by atoms with Crippen LogP contribution in [0.1, 0.15) is 36.1 Å². The summed E-state index contributed by atoms with van der Waals surface area (Å²) in [5, 5.41) is 5.07. The molecule has 0 aromatic heterocycles. The van der Waals surface area contributed by atoms with Gasteiger partial charge < -0.3 is 4.90 Å². The molecular weight excluding hydrogens is 591 g/mol. The second-order valence-electron chi connectivity index (χ2n) is 14.2. The summed E-state index contributed by atoms with van der Waals surface area (Å²) in [5.74, 6) is 0. The minimum absolute atomic E-state index is 0.0372. The zero-order valence-electron chi connectivity index (χ0n) is 27.7. The lowest BCUT2D eigenvalue weighted by molar-refractivity contribution is 0.660. The smallest absolute Gasteiger partial charge is 0.0468 e. The van der Waals surface area contributed by atoms with Gasteiger partial charge in [-0.1, -0.05) is 135 Å². The summed E-state index contributed by atoms with van der Waals surface area (Å²) in [7, 11) is 0. The molecule has 1 nitrogen and oxygen atoms in total. The zero-order chi connectivity index (χ0) is 32.7. The van der Waals surface area contributed by atoms with Gasteiger partial charge in [-0.25, -0.2) is 0 Å². The maximum atomic E-state index is 2.45. The van der Waals surface area contributed by atoms with E-state index in [1.165, 1.54) is 77.2 Å². The highest BCUT2D eigenvalue weighted by atomic mass is 15.1. The van der Waals surface area contributed by atoms with Gasteiger partial charge in [-0.05, 0) is 126 Å². The first-order valence-electron chi connectivity index (χ1n) is 17.3. The summed E-state index contributed by atoms with van der Waals surface area (Å²) in [6, 6.07) is 61.0. The molecule has 1 heteroatoms. The van der Waals surface area contributed by atoms with Gasteiger partial charge in [0.1, 0.15) is 0 Å². The predicted molar refractivity (Wildman–Crippen MR) is 207 cm³/mol. The van der Waals surface area contributed by atoms with Gasteiger partial charge in [0.05, 0.1) is 0 Å². The van der Waals surface area contributed by atoms with E-state index < -0.39 is 0 Å². The Balaban J connectivity index is 1.16. The fourth-order valence-corrected chi connectivity index (χ4v) is 8.59. The molecule has 0 N–H and O–H groups in total. The number of anilines is 3. The molecule has 0 amide bonds. The van der Waals surface area contributed by atoms with Gasteiger partial charge >= 0.3 is 0 Å². The lowest BCUT2D eigenvalue weighted by Gasteiger charge is -2.28. The Labute approximate surface area is 287 Å². The van der Waals surface area contributed by atoms with Gasteiger partial charge in [0.25, 0.3) is 0 Å². The zero-order valence-corrected chi connectivity index (χ0v) is 27.7. The molecule has 8 aromatic carbocycles. The number of fused-ring (bicyclic) bond motifs is 8. The number of benzene rings is 8. The third-order valence-corrected chi connectivity index (χ3v) is 11.0. The quantitative estimate of drug-likeness (QED) is 0.188. The molecule has 0 heterocycles. The van der Waals surface area contributed by atoms with Crippen molar-refractivity contribution < 1.29 is 0 Å². The van der Waals surface area contributed by atoms with Gasteiger partial charge in [-0.2, -0.15) is 0 Å². The summed E-state index contributed by atoms with van der Waals surface area (Å²) in [6.45, 7) is 4.70. The van der Waals surface area contributed by atoms with Crippen LogP contribution in [0.3, 0.4) is 0 Å². The van der Waals surface area contributed by atoms with Crippen LogP contribution < -0.4 is 4.90 Å². The molecule has 2 aliphatic carbocycles. The van der Waals surface area contributed by atoms with Gasteiger partial charge in [0.15, 0.2) is 0 Å². The van der Waals surface area contributed by atoms with Crippen LogP contribution in [-0.4, -0.2) is 0 Å². The van der Waals surface area contributed by atoms with Crippen molar-refractivity contribution in [1.82, 2.24) is 0 Å². The average molecular weight is 626 g/mol. The summed E-state index contributed by atoms with van der Waals surface area (Å²) in [6.07, 6.45) is 0.989. The Morgan fingerprint density at radius 1 is 0.408 bits per heavy atom. The summed E-state index contributed by atoms with van der Waals surface area (Å²) in [4.78, 5) is 2.45. The Bertz CT molecular complexity index is 2620. The number of nitrogens with zero attached hydrogens (tertiary/aromatic N) is 1. The molecule has 2 aliphatic rings. The van der Waals surface area contributed by atoms with E-state index in [-0.39, 0.29) is 5.41 Å². The molecule has 232 valence electrons. The van der Waals surface area contributed by atoms with E-state index in [1.807, 2.05) is 0 Å². The van der Waals surface area contributed by atoms with E-state index in [0.29, 0.717) is 0 Å². The van der Waals surface area contributed by atoms with E-state index in [0.717, 1.165) is 23.5 Å². The minimum atomic E-state index is -0.0372. The number of rotatable bonds is 4. The van der Waals surface area contributed by atoms with Crippen molar-refractivity contribution in [2.75, 3.05) is 4.90 Å². The van der Waals surface area contributed by atoms with Crippen LogP contribution in [0, 0.1) is 0 Å². The molecule has 0 bridgehead atoms. The Kier molecular flexibility index (Phi) is 6.05. The molecule has 0 saturated heterocycles. The first-order chi connectivity index (χ1) is 24.0. The topological polar surface area (TPSA) is 3.24 Å². The largest absolute Gasteiger partial charge is 0.310 e. The fraction of sp³-hybridized carbons (Fsp3) is 0.0833. The van der Waals surface area contributed by atoms with Crippen LogP contribution >= 0.6 is 0 Å². The molecule has 8 aromatic rings. The molecule has 0 atom stereocenters. The highest BCUT2D eigenvalue weighted by Gasteiger charge is 2.35. The highest BCUT2D eigenvalue weighted by Crippen LogP contribution is 2.51. The first-order valence-corrected chi connectivity index (χ1v) is 17.3. The van der Waals surface area contributed by atoms with Crippen LogP contribution in [0.4, 0.5) is 17.1 Å². The van der Waals surface area contributed by atoms with Crippen molar-refractivity contribution in [1.29, 1.82) is 0 Å². The number of hydrogen-bond acceptors (Lipinski definition) is 1. The van der Waals surface area contributed by atoms with Crippen molar-refractivity contribution in [3.63, 3.8) is 0 Å². The van der Waals surface area contributed by atoms with Gasteiger partial charge in [0.2, 0.25) is 0 Å². The van der Waals surface area contributed by atoms with E-state index >= 15 is 0 Å².